The molecule has 8 heteroatoms. The molecule has 2 unspecified atom stereocenters. The lowest BCUT2D eigenvalue weighted by molar-refractivity contribution is -0.130. The Kier molecular flexibility index (Phi) is 6.65. The Hall–Kier alpha value is -3.84. The van der Waals surface area contributed by atoms with Crippen LogP contribution in [0.1, 0.15) is 34.0 Å². The molecule has 1 fully saturated rings. The number of pyridine rings is 1. The van der Waals surface area contributed by atoms with Gasteiger partial charge in [-0.05, 0) is 54.8 Å². The van der Waals surface area contributed by atoms with Gasteiger partial charge in [0.05, 0.1) is 7.11 Å². The van der Waals surface area contributed by atoms with Crippen molar-refractivity contribution in [3.63, 3.8) is 0 Å². The molecule has 184 valence electrons. The van der Waals surface area contributed by atoms with E-state index in [0.717, 1.165) is 12.1 Å². The Morgan fingerprint density at radius 3 is 2.56 bits per heavy atom. The number of ether oxygens (including phenoxy) is 1. The summed E-state index contributed by atoms with van der Waals surface area (Å²) in [7, 11) is 1.56. The smallest absolute Gasteiger partial charge is 0.270 e. The lowest BCUT2D eigenvalue weighted by Crippen LogP contribution is -2.50. The molecule has 7 nitrogen and oxygen atoms in total. The second kappa shape index (κ2) is 10.0. The van der Waals surface area contributed by atoms with Gasteiger partial charge in [0.25, 0.3) is 17.4 Å². The number of nitrogens with zero attached hydrogens (tertiary/aromatic N) is 2. The monoisotopic (exact) mass is 503 g/mol. The summed E-state index contributed by atoms with van der Waals surface area (Å²) in [5.74, 6) is 0.141. The summed E-state index contributed by atoms with van der Waals surface area (Å²) >= 11 is 5.97. The second-order valence-corrected chi connectivity index (χ2v) is 9.61. The molecule has 0 spiro atoms. The highest BCUT2D eigenvalue weighted by Gasteiger charge is 2.37. The van der Waals surface area contributed by atoms with Crippen LogP contribution in [0.2, 0.25) is 5.02 Å². The van der Waals surface area contributed by atoms with Gasteiger partial charge in [0, 0.05) is 53.5 Å². The number of hydrogen-bond acceptors (Lipinski definition) is 4. The zero-order valence-corrected chi connectivity index (χ0v) is 20.6. The molecule has 0 aliphatic carbocycles. The maximum atomic E-state index is 13.8. The average molecular weight is 504 g/mol. The molecule has 0 saturated carbocycles. The molecular formula is C28H26ClN3O4. The fourth-order valence-corrected chi connectivity index (χ4v) is 5.25. The molecule has 1 saturated heterocycles. The van der Waals surface area contributed by atoms with Crippen LogP contribution >= 0.6 is 11.6 Å². The minimum Gasteiger partial charge on any atom is -0.496 e. The van der Waals surface area contributed by atoms with E-state index in [4.69, 9.17) is 16.3 Å². The minimum absolute atomic E-state index is 0.00559. The number of carbonyl (C=O) groups is 2. The highest BCUT2D eigenvalue weighted by atomic mass is 35.5. The molecule has 1 aromatic heterocycles. The predicted molar refractivity (Wildman–Crippen MR) is 138 cm³/mol. The molecule has 2 bridgehead atoms. The third-order valence-electron chi connectivity index (χ3n) is 6.79. The molecule has 2 aliphatic rings. The Morgan fingerprint density at radius 2 is 1.78 bits per heavy atom. The first-order valence-corrected chi connectivity index (χ1v) is 12.2. The zero-order valence-electron chi connectivity index (χ0n) is 19.8. The van der Waals surface area contributed by atoms with Gasteiger partial charge in [-0.1, -0.05) is 35.9 Å². The van der Waals surface area contributed by atoms with Crippen molar-refractivity contribution in [3.8, 4) is 5.75 Å². The number of halogens is 1. The molecular weight excluding hydrogens is 478 g/mol. The Balaban J connectivity index is 1.46. The third-order valence-corrected chi connectivity index (χ3v) is 7.04. The van der Waals surface area contributed by atoms with Crippen LogP contribution in [0, 0.1) is 5.92 Å². The predicted octanol–water partition coefficient (Wildman–Crippen LogP) is 3.93. The van der Waals surface area contributed by atoms with Gasteiger partial charge in [-0.2, -0.15) is 0 Å². The first-order chi connectivity index (χ1) is 17.4. The van der Waals surface area contributed by atoms with Crippen molar-refractivity contribution in [2.24, 2.45) is 5.92 Å². The Labute approximate surface area is 213 Å². The van der Waals surface area contributed by atoms with Crippen molar-refractivity contribution in [2.45, 2.75) is 18.9 Å². The van der Waals surface area contributed by atoms with E-state index in [9.17, 15) is 14.4 Å². The molecule has 1 N–H and O–H groups in total. The van der Waals surface area contributed by atoms with E-state index in [1.54, 1.807) is 60.6 Å². The van der Waals surface area contributed by atoms with Crippen LogP contribution in [-0.2, 0) is 11.3 Å². The fraction of sp³-hybridized carbons (Fsp3) is 0.250. The number of rotatable bonds is 5. The number of hydrogen-bond donors (Lipinski definition) is 1. The zero-order chi connectivity index (χ0) is 25.2. The Morgan fingerprint density at radius 1 is 1.00 bits per heavy atom. The van der Waals surface area contributed by atoms with Gasteiger partial charge in [-0.15, -0.1) is 0 Å². The van der Waals surface area contributed by atoms with Crippen LogP contribution < -0.4 is 15.6 Å². The highest BCUT2D eigenvalue weighted by Crippen LogP contribution is 2.35. The number of fused-ring (bicyclic) bond motifs is 4. The van der Waals surface area contributed by atoms with E-state index < -0.39 is 5.91 Å². The number of likely N-dealkylation sites (tertiary alicyclic amines) is 1. The maximum absolute atomic E-state index is 13.8. The van der Waals surface area contributed by atoms with Crippen LogP contribution in [0.15, 0.2) is 77.2 Å². The molecule has 0 radical (unpaired) electrons. The normalized spacial score (nSPS) is 18.8. The molecule has 2 aromatic carbocycles. The summed E-state index contributed by atoms with van der Waals surface area (Å²) in [6.45, 7) is 1.56. The van der Waals surface area contributed by atoms with E-state index in [1.165, 1.54) is 0 Å². The molecule has 2 amide bonds. The van der Waals surface area contributed by atoms with Crippen LogP contribution in [0.5, 0.6) is 5.75 Å². The standard InChI is InChI=1S/C28H26ClN3O4/c1-36-25-7-3-2-5-20(25)14-23(30-27(34)19-9-11-22(29)12-10-19)28(35)31-15-18-13-21(17-31)24-6-4-8-26(33)32(24)16-18/h2-12,14,18,21H,13,15-17H2,1H3,(H,30,34). The number of carbonyl (C=O) groups excluding carboxylic acids is 2. The van der Waals surface area contributed by atoms with E-state index >= 15 is 0 Å². The number of methoxy groups -OCH3 is 1. The van der Waals surface area contributed by atoms with E-state index in [0.29, 0.717) is 41.5 Å². The lowest BCUT2D eigenvalue weighted by atomic mass is 9.83. The number of benzene rings is 2. The second-order valence-electron chi connectivity index (χ2n) is 9.17. The number of aromatic nitrogens is 1. The summed E-state index contributed by atoms with van der Waals surface area (Å²) in [6, 6.07) is 19.1. The summed E-state index contributed by atoms with van der Waals surface area (Å²) in [4.78, 5) is 41.1. The number of nitrogens with one attached hydrogen (secondary N) is 1. The van der Waals surface area contributed by atoms with Crippen molar-refractivity contribution < 1.29 is 14.3 Å². The molecule has 2 atom stereocenters. The maximum Gasteiger partial charge on any atom is 0.270 e. The van der Waals surface area contributed by atoms with Crippen molar-refractivity contribution in [2.75, 3.05) is 20.2 Å². The van der Waals surface area contributed by atoms with E-state index in [1.807, 2.05) is 28.8 Å². The number of piperidine rings is 1. The van der Waals surface area contributed by atoms with Gasteiger partial charge in [0.15, 0.2) is 0 Å². The number of para-hydroxylation sites is 1. The van der Waals surface area contributed by atoms with Gasteiger partial charge in [0.1, 0.15) is 11.4 Å². The van der Waals surface area contributed by atoms with Crippen LogP contribution in [-0.4, -0.2) is 41.5 Å². The van der Waals surface area contributed by atoms with Crippen molar-refractivity contribution in [3.05, 3.63) is 105 Å². The molecule has 3 heterocycles. The van der Waals surface area contributed by atoms with Gasteiger partial charge in [0.2, 0.25) is 0 Å². The number of amides is 2. The van der Waals surface area contributed by atoms with Gasteiger partial charge in [-0.25, -0.2) is 0 Å². The average Bonchev–Trinajstić information content (AvgIpc) is 2.89. The van der Waals surface area contributed by atoms with Crippen LogP contribution in [0.25, 0.3) is 6.08 Å². The molecule has 5 rings (SSSR count). The van der Waals surface area contributed by atoms with Gasteiger partial charge >= 0.3 is 0 Å². The third kappa shape index (κ3) is 4.79. The van der Waals surface area contributed by atoms with Gasteiger partial charge in [-0.3, -0.25) is 14.4 Å². The van der Waals surface area contributed by atoms with Crippen LogP contribution in [0.3, 0.4) is 0 Å². The topological polar surface area (TPSA) is 80.6 Å². The summed E-state index contributed by atoms with van der Waals surface area (Å²) in [6.07, 6.45) is 2.58. The fourth-order valence-electron chi connectivity index (χ4n) is 5.12. The molecule has 2 aliphatic heterocycles. The van der Waals surface area contributed by atoms with E-state index in [-0.39, 0.29) is 29.0 Å². The lowest BCUT2D eigenvalue weighted by Gasteiger charge is -2.43. The molecule has 3 aromatic rings. The summed E-state index contributed by atoms with van der Waals surface area (Å²) in [5, 5.41) is 3.34. The summed E-state index contributed by atoms with van der Waals surface area (Å²) < 4.78 is 7.28. The summed E-state index contributed by atoms with van der Waals surface area (Å²) in [5.41, 5.74) is 2.17. The van der Waals surface area contributed by atoms with Crippen molar-refractivity contribution in [1.82, 2.24) is 14.8 Å². The largest absolute Gasteiger partial charge is 0.496 e. The van der Waals surface area contributed by atoms with E-state index in [2.05, 4.69) is 5.32 Å². The highest BCUT2D eigenvalue weighted by molar-refractivity contribution is 6.30. The van der Waals surface area contributed by atoms with Crippen LogP contribution in [0.4, 0.5) is 0 Å². The first kappa shape index (κ1) is 23.9. The SMILES string of the molecule is COc1ccccc1C=C(NC(=O)c1ccc(Cl)cc1)C(=O)N1CC2CC(C1)c1cccc(=O)n1C2. The first-order valence-electron chi connectivity index (χ1n) is 11.8. The minimum atomic E-state index is -0.407. The molecule has 36 heavy (non-hydrogen) atoms. The Bertz CT molecular complexity index is 1400. The van der Waals surface area contributed by atoms with Gasteiger partial charge < -0.3 is 19.5 Å². The quantitative estimate of drug-likeness (QED) is 0.535. The van der Waals surface area contributed by atoms with Crippen molar-refractivity contribution in [1.29, 1.82) is 0 Å². The van der Waals surface area contributed by atoms with Crippen molar-refractivity contribution >= 4 is 29.5 Å².